The van der Waals surface area contributed by atoms with E-state index in [1.54, 1.807) is 26.4 Å². The maximum absolute atomic E-state index is 12.7. The molecule has 1 atom stereocenters. The minimum absolute atomic E-state index is 0.0691. The molecule has 154 valence electrons. The second-order valence-electron chi connectivity index (χ2n) is 7.00. The highest BCUT2D eigenvalue weighted by molar-refractivity contribution is 5.96. The molecule has 1 fully saturated rings. The lowest BCUT2D eigenvalue weighted by Gasteiger charge is -2.38. The number of piperazine rings is 1. The number of ether oxygens (including phenoxy) is 2. The van der Waals surface area contributed by atoms with Gasteiger partial charge in [0.05, 0.1) is 19.8 Å². The summed E-state index contributed by atoms with van der Waals surface area (Å²) in [6.07, 6.45) is 0. The van der Waals surface area contributed by atoms with Crippen molar-refractivity contribution in [1.82, 2.24) is 9.80 Å². The molecule has 1 saturated heterocycles. The first-order valence-electron chi connectivity index (χ1n) is 9.53. The number of carbonyl (C=O) groups is 2. The number of hydrogen-bond donors (Lipinski definition) is 1. The van der Waals surface area contributed by atoms with Crippen LogP contribution >= 0.6 is 0 Å². The van der Waals surface area contributed by atoms with Crippen LogP contribution in [-0.2, 0) is 0 Å². The number of hydrogen-bond acceptors (Lipinski definition) is 5. The minimum Gasteiger partial charge on any atom is -0.493 e. The van der Waals surface area contributed by atoms with Crippen LogP contribution in [0.3, 0.4) is 0 Å². The molecule has 1 aliphatic rings. The molecule has 1 aliphatic heterocycles. The SMILES string of the molecule is COc1ccc(C(C)N2CCN(C(=O)c3ccc(C(=O)O)cc3)CC2)cc1OC. The van der Waals surface area contributed by atoms with E-state index >= 15 is 0 Å². The molecule has 7 nitrogen and oxygen atoms in total. The van der Waals surface area contributed by atoms with Gasteiger partial charge in [0, 0.05) is 37.8 Å². The molecule has 1 N–H and O–H groups in total. The Kier molecular flexibility index (Phi) is 6.39. The quantitative estimate of drug-likeness (QED) is 0.806. The van der Waals surface area contributed by atoms with E-state index in [2.05, 4.69) is 11.8 Å². The van der Waals surface area contributed by atoms with Gasteiger partial charge in [0.2, 0.25) is 0 Å². The lowest BCUT2D eigenvalue weighted by Crippen LogP contribution is -2.49. The fourth-order valence-electron chi connectivity index (χ4n) is 3.57. The Morgan fingerprint density at radius 1 is 0.897 bits per heavy atom. The van der Waals surface area contributed by atoms with Gasteiger partial charge in [0.15, 0.2) is 11.5 Å². The van der Waals surface area contributed by atoms with E-state index < -0.39 is 5.97 Å². The van der Waals surface area contributed by atoms with E-state index in [1.807, 2.05) is 23.1 Å². The molecule has 7 heteroatoms. The molecule has 1 amide bonds. The molecule has 1 unspecified atom stereocenters. The summed E-state index contributed by atoms with van der Waals surface area (Å²) in [5.41, 5.74) is 1.82. The molecule has 0 radical (unpaired) electrons. The first-order chi connectivity index (χ1) is 13.9. The van der Waals surface area contributed by atoms with Crippen LogP contribution in [0.5, 0.6) is 11.5 Å². The zero-order valence-corrected chi connectivity index (χ0v) is 16.9. The lowest BCUT2D eigenvalue weighted by molar-refractivity contribution is 0.0580. The number of benzene rings is 2. The number of methoxy groups -OCH3 is 2. The van der Waals surface area contributed by atoms with Gasteiger partial charge in [-0.05, 0) is 48.9 Å². The van der Waals surface area contributed by atoms with Crippen molar-refractivity contribution in [3.8, 4) is 11.5 Å². The van der Waals surface area contributed by atoms with E-state index in [-0.39, 0.29) is 17.5 Å². The van der Waals surface area contributed by atoms with Crippen LogP contribution in [0.4, 0.5) is 0 Å². The number of carboxylic acid groups (broad SMARTS) is 1. The third kappa shape index (κ3) is 4.51. The first kappa shape index (κ1) is 20.7. The first-order valence-corrected chi connectivity index (χ1v) is 9.53. The van der Waals surface area contributed by atoms with E-state index in [1.165, 1.54) is 12.1 Å². The maximum Gasteiger partial charge on any atom is 0.335 e. The van der Waals surface area contributed by atoms with Gasteiger partial charge in [-0.25, -0.2) is 4.79 Å². The number of carboxylic acids is 1. The molecule has 2 aromatic rings. The van der Waals surface area contributed by atoms with Crippen LogP contribution in [0, 0.1) is 0 Å². The summed E-state index contributed by atoms with van der Waals surface area (Å²) in [7, 11) is 3.24. The van der Waals surface area contributed by atoms with Crippen molar-refractivity contribution < 1.29 is 24.2 Å². The van der Waals surface area contributed by atoms with E-state index in [4.69, 9.17) is 14.6 Å². The van der Waals surface area contributed by atoms with Gasteiger partial charge < -0.3 is 19.5 Å². The Morgan fingerprint density at radius 2 is 1.48 bits per heavy atom. The van der Waals surface area contributed by atoms with Gasteiger partial charge in [0.1, 0.15) is 0 Å². The molecule has 1 heterocycles. The van der Waals surface area contributed by atoms with Crippen LogP contribution in [0.2, 0.25) is 0 Å². The number of nitrogens with zero attached hydrogens (tertiary/aromatic N) is 2. The Labute approximate surface area is 170 Å². The summed E-state index contributed by atoms with van der Waals surface area (Å²) < 4.78 is 10.7. The highest BCUT2D eigenvalue weighted by atomic mass is 16.5. The largest absolute Gasteiger partial charge is 0.493 e. The summed E-state index contributed by atoms with van der Waals surface area (Å²) in [6, 6.07) is 12.2. The predicted molar refractivity (Wildman–Crippen MR) is 109 cm³/mol. The van der Waals surface area contributed by atoms with E-state index in [0.717, 1.165) is 18.7 Å². The number of rotatable bonds is 6. The standard InChI is InChI=1S/C22H26N2O5/c1-15(18-8-9-19(28-2)20(14-18)29-3)23-10-12-24(13-11-23)21(25)16-4-6-17(7-5-16)22(26)27/h4-9,14-15H,10-13H2,1-3H3,(H,26,27). The Hall–Kier alpha value is -3.06. The second-order valence-corrected chi connectivity index (χ2v) is 7.00. The van der Waals surface area contributed by atoms with Gasteiger partial charge in [-0.1, -0.05) is 6.07 Å². The normalized spacial score (nSPS) is 15.6. The van der Waals surface area contributed by atoms with Gasteiger partial charge in [-0.3, -0.25) is 9.69 Å². The van der Waals surface area contributed by atoms with E-state index in [9.17, 15) is 9.59 Å². The molecular weight excluding hydrogens is 372 g/mol. The molecule has 0 aliphatic carbocycles. The van der Waals surface area contributed by atoms with Gasteiger partial charge >= 0.3 is 5.97 Å². The maximum atomic E-state index is 12.7. The number of carbonyl (C=O) groups excluding carboxylic acids is 1. The van der Waals surface area contributed by atoms with Crippen LogP contribution in [0.15, 0.2) is 42.5 Å². The van der Waals surface area contributed by atoms with Crippen molar-refractivity contribution >= 4 is 11.9 Å². The summed E-state index contributed by atoms with van der Waals surface area (Å²) in [4.78, 5) is 27.8. The molecule has 2 aromatic carbocycles. The van der Waals surface area contributed by atoms with Crippen molar-refractivity contribution in [2.75, 3.05) is 40.4 Å². The summed E-state index contributed by atoms with van der Waals surface area (Å²) >= 11 is 0. The fourth-order valence-corrected chi connectivity index (χ4v) is 3.57. The molecular formula is C22H26N2O5. The monoisotopic (exact) mass is 398 g/mol. The summed E-state index contributed by atoms with van der Waals surface area (Å²) in [5, 5.41) is 8.98. The highest BCUT2D eigenvalue weighted by Gasteiger charge is 2.26. The van der Waals surface area contributed by atoms with E-state index in [0.29, 0.717) is 30.2 Å². The zero-order valence-electron chi connectivity index (χ0n) is 16.9. The molecule has 3 rings (SSSR count). The molecule has 0 saturated carbocycles. The summed E-state index contributed by atoms with van der Waals surface area (Å²) in [5.74, 6) is 0.338. The fraction of sp³-hybridized carbons (Fsp3) is 0.364. The van der Waals surface area contributed by atoms with Crippen molar-refractivity contribution in [3.05, 3.63) is 59.2 Å². The molecule has 29 heavy (non-hydrogen) atoms. The third-order valence-electron chi connectivity index (χ3n) is 5.42. The summed E-state index contributed by atoms with van der Waals surface area (Å²) in [6.45, 7) is 4.90. The van der Waals surface area contributed by atoms with Crippen LogP contribution < -0.4 is 9.47 Å². The van der Waals surface area contributed by atoms with Crippen molar-refractivity contribution in [1.29, 1.82) is 0 Å². The smallest absolute Gasteiger partial charge is 0.335 e. The van der Waals surface area contributed by atoms with Crippen LogP contribution in [-0.4, -0.2) is 67.2 Å². The van der Waals surface area contributed by atoms with Crippen LogP contribution in [0.1, 0.15) is 39.2 Å². The lowest BCUT2D eigenvalue weighted by atomic mass is 10.0. The molecule has 0 aromatic heterocycles. The molecule has 0 bridgehead atoms. The second kappa shape index (κ2) is 8.96. The Bertz CT molecular complexity index is 873. The Balaban J connectivity index is 1.62. The topological polar surface area (TPSA) is 79.3 Å². The van der Waals surface area contributed by atoms with Crippen molar-refractivity contribution in [2.45, 2.75) is 13.0 Å². The van der Waals surface area contributed by atoms with Gasteiger partial charge in [-0.2, -0.15) is 0 Å². The average Bonchev–Trinajstić information content (AvgIpc) is 2.77. The Morgan fingerprint density at radius 3 is 2.03 bits per heavy atom. The highest BCUT2D eigenvalue weighted by Crippen LogP contribution is 2.32. The minimum atomic E-state index is -0.998. The van der Waals surface area contributed by atoms with Crippen LogP contribution in [0.25, 0.3) is 0 Å². The zero-order chi connectivity index (χ0) is 21.0. The molecule has 0 spiro atoms. The predicted octanol–water partition coefficient (Wildman–Crippen LogP) is 2.92. The van der Waals surface area contributed by atoms with Crippen molar-refractivity contribution in [2.24, 2.45) is 0 Å². The van der Waals surface area contributed by atoms with Gasteiger partial charge in [0.25, 0.3) is 5.91 Å². The third-order valence-corrected chi connectivity index (χ3v) is 5.42. The average molecular weight is 398 g/mol. The van der Waals surface area contributed by atoms with Gasteiger partial charge in [-0.15, -0.1) is 0 Å². The van der Waals surface area contributed by atoms with Crippen molar-refractivity contribution in [3.63, 3.8) is 0 Å². The number of aromatic carboxylic acids is 1. The number of amides is 1.